The number of benzene rings is 1. The second-order valence-electron chi connectivity index (χ2n) is 7.93. The van der Waals surface area contributed by atoms with Crippen LogP contribution in [-0.4, -0.2) is 44.4 Å². The fourth-order valence-electron chi connectivity index (χ4n) is 4.90. The second-order valence-corrected chi connectivity index (χ2v) is 8.78. The number of thioether (sulfide) groups is 1. The number of ether oxygens (including phenoxy) is 2. The molecule has 0 unspecified atom stereocenters. The molecule has 2 atom stereocenters. The molecule has 1 saturated heterocycles. The second kappa shape index (κ2) is 6.40. The Morgan fingerprint density at radius 3 is 2.48 bits per heavy atom. The van der Waals surface area contributed by atoms with Crippen molar-refractivity contribution in [2.45, 2.75) is 31.7 Å². The molecule has 2 fully saturated rings. The number of nitrogens with two attached hydrogens (primary N) is 1. The Morgan fingerprint density at radius 2 is 2.00 bits per heavy atom. The fraction of sp³-hybridized carbons (Fsp3) is 0.632. The first kappa shape index (κ1) is 18.4. The number of carbonyl (C=O) groups excluding carboxylic acids is 1. The predicted molar refractivity (Wildman–Crippen MR) is 100 cm³/mol. The molecule has 25 heavy (non-hydrogen) atoms. The van der Waals surface area contributed by atoms with Gasteiger partial charge in [0.05, 0.1) is 24.5 Å². The summed E-state index contributed by atoms with van der Waals surface area (Å²) in [7, 11) is 3.38. The Labute approximate surface area is 154 Å². The van der Waals surface area contributed by atoms with Gasteiger partial charge in [0.2, 0.25) is 5.91 Å². The molecule has 0 radical (unpaired) electrons. The van der Waals surface area contributed by atoms with Crippen molar-refractivity contribution in [2.75, 3.05) is 33.6 Å². The molecule has 1 aromatic carbocycles. The van der Waals surface area contributed by atoms with Crippen LogP contribution >= 0.6 is 11.8 Å². The van der Waals surface area contributed by atoms with Gasteiger partial charge in [0.25, 0.3) is 0 Å². The smallest absolute Gasteiger partial charge is 0.225 e. The van der Waals surface area contributed by atoms with E-state index in [1.807, 2.05) is 18.4 Å². The van der Waals surface area contributed by atoms with E-state index in [-0.39, 0.29) is 16.7 Å². The highest BCUT2D eigenvalue weighted by Gasteiger charge is 2.65. The number of carbonyl (C=O) groups is 1. The van der Waals surface area contributed by atoms with E-state index in [0.29, 0.717) is 5.92 Å². The molecular weight excluding hydrogens is 336 g/mol. The van der Waals surface area contributed by atoms with Gasteiger partial charge in [-0.2, -0.15) is 0 Å². The van der Waals surface area contributed by atoms with E-state index < -0.39 is 0 Å². The highest BCUT2D eigenvalue weighted by atomic mass is 32.2. The van der Waals surface area contributed by atoms with Crippen molar-refractivity contribution in [2.24, 2.45) is 22.5 Å². The predicted octanol–water partition coefficient (Wildman–Crippen LogP) is 2.76. The third kappa shape index (κ3) is 2.89. The molecule has 138 valence electrons. The monoisotopic (exact) mass is 364 g/mol. The lowest BCUT2D eigenvalue weighted by Gasteiger charge is -2.54. The molecule has 1 aliphatic carbocycles. The van der Waals surface area contributed by atoms with Crippen LogP contribution in [-0.2, 0) is 11.3 Å². The van der Waals surface area contributed by atoms with E-state index in [9.17, 15) is 4.79 Å². The van der Waals surface area contributed by atoms with Gasteiger partial charge in [0.1, 0.15) is 11.5 Å². The molecule has 1 aliphatic heterocycles. The lowest BCUT2D eigenvalue weighted by molar-refractivity contribution is -0.148. The van der Waals surface area contributed by atoms with Crippen molar-refractivity contribution in [3.8, 4) is 11.5 Å². The van der Waals surface area contributed by atoms with Crippen molar-refractivity contribution in [1.29, 1.82) is 0 Å². The number of fused-ring (bicyclic) bond motifs is 1. The van der Waals surface area contributed by atoms with Gasteiger partial charge in [0, 0.05) is 25.2 Å². The van der Waals surface area contributed by atoms with E-state index in [0.717, 1.165) is 48.0 Å². The Kier molecular flexibility index (Phi) is 4.71. The van der Waals surface area contributed by atoms with E-state index in [1.54, 1.807) is 26.0 Å². The van der Waals surface area contributed by atoms with Crippen molar-refractivity contribution < 1.29 is 14.3 Å². The SMILES string of the molecule is COc1cc(SC)c(OC)cc1CN1C[C@@H]2C(C)(C)C[C@]2(C(N)=O)C1. The summed E-state index contributed by atoms with van der Waals surface area (Å²) in [5.41, 5.74) is 6.67. The van der Waals surface area contributed by atoms with Crippen LogP contribution in [0, 0.1) is 16.7 Å². The van der Waals surface area contributed by atoms with Crippen molar-refractivity contribution in [1.82, 2.24) is 4.90 Å². The lowest BCUT2D eigenvalue weighted by Crippen LogP contribution is -2.59. The number of methoxy groups -OCH3 is 2. The third-order valence-corrected chi connectivity index (χ3v) is 6.76. The van der Waals surface area contributed by atoms with Crippen LogP contribution in [0.2, 0.25) is 0 Å². The minimum Gasteiger partial charge on any atom is -0.496 e. The molecule has 1 heterocycles. The fourth-order valence-corrected chi connectivity index (χ4v) is 5.47. The standard InChI is InChI=1S/C19H28N2O3S/c1-18(2)10-19(17(20)22)11-21(9-16(18)19)8-12-6-14(24-4)15(25-5)7-13(12)23-3/h6-7,16H,8-11H2,1-5H3,(H2,20,22)/t16-,19+/m1/s1. The Morgan fingerprint density at radius 1 is 1.32 bits per heavy atom. The highest BCUT2D eigenvalue weighted by Crippen LogP contribution is 2.62. The maximum Gasteiger partial charge on any atom is 0.225 e. The first-order chi connectivity index (χ1) is 11.8. The van der Waals surface area contributed by atoms with Gasteiger partial charge < -0.3 is 15.2 Å². The van der Waals surface area contributed by atoms with Crippen LogP contribution in [0.3, 0.4) is 0 Å². The molecule has 0 aromatic heterocycles. The number of hydrogen-bond acceptors (Lipinski definition) is 5. The zero-order valence-electron chi connectivity index (χ0n) is 15.7. The van der Waals surface area contributed by atoms with Crippen LogP contribution in [0.25, 0.3) is 0 Å². The molecule has 0 spiro atoms. The van der Waals surface area contributed by atoms with Crippen LogP contribution in [0.15, 0.2) is 17.0 Å². The van der Waals surface area contributed by atoms with Gasteiger partial charge in [-0.15, -0.1) is 11.8 Å². The minimum atomic E-state index is -0.361. The molecular formula is C19H28N2O3S. The molecule has 3 rings (SSSR count). The summed E-state index contributed by atoms with van der Waals surface area (Å²) in [5.74, 6) is 1.89. The zero-order chi connectivity index (χ0) is 18.4. The molecule has 0 bridgehead atoms. The maximum absolute atomic E-state index is 12.1. The molecule has 1 saturated carbocycles. The van der Waals surface area contributed by atoms with Gasteiger partial charge in [-0.05, 0) is 36.1 Å². The molecule has 2 N–H and O–H groups in total. The van der Waals surface area contributed by atoms with Crippen LogP contribution < -0.4 is 15.2 Å². The minimum absolute atomic E-state index is 0.151. The van der Waals surface area contributed by atoms with Gasteiger partial charge >= 0.3 is 0 Å². The summed E-state index contributed by atoms with van der Waals surface area (Å²) < 4.78 is 11.1. The summed E-state index contributed by atoms with van der Waals surface area (Å²) in [4.78, 5) is 15.5. The van der Waals surface area contributed by atoms with Gasteiger partial charge in [0.15, 0.2) is 0 Å². The summed E-state index contributed by atoms with van der Waals surface area (Å²) in [6.07, 6.45) is 2.90. The van der Waals surface area contributed by atoms with Crippen LogP contribution in [0.5, 0.6) is 11.5 Å². The van der Waals surface area contributed by atoms with Crippen LogP contribution in [0.1, 0.15) is 25.8 Å². The highest BCUT2D eigenvalue weighted by molar-refractivity contribution is 7.98. The molecule has 1 aromatic rings. The summed E-state index contributed by atoms with van der Waals surface area (Å²) >= 11 is 1.63. The number of rotatable bonds is 6. The molecule has 6 heteroatoms. The number of likely N-dealkylation sites (tertiary alicyclic amines) is 1. The molecule has 1 amide bonds. The van der Waals surface area contributed by atoms with E-state index in [1.165, 1.54) is 0 Å². The van der Waals surface area contributed by atoms with Crippen molar-refractivity contribution >= 4 is 17.7 Å². The quantitative estimate of drug-likeness (QED) is 0.787. The average Bonchev–Trinajstić information content (AvgIpc) is 2.89. The molecule has 5 nitrogen and oxygen atoms in total. The normalized spacial score (nSPS) is 27.5. The first-order valence-corrected chi connectivity index (χ1v) is 9.81. The first-order valence-electron chi connectivity index (χ1n) is 8.58. The van der Waals surface area contributed by atoms with E-state index in [2.05, 4.69) is 18.7 Å². The van der Waals surface area contributed by atoms with Gasteiger partial charge in [-0.1, -0.05) is 13.8 Å². The average molecular weight is 365 g/mol. The van der Waals surface area contributed by atoms with Crippen molar-refractivity contribution in [3.63, 3.8) is 0 Å². The maximum atomic E-state index is 12.1. The van der Waals surface area contributed by atoms with Gasteiger partial charge in [-0.25, -0.2) is 0 Å². The number of nitrogens with zero attached hydrogens (tertiary/aromatic N) is 1. The Bertz CT molecular complexity index is 691. The third-order valence-electron chi connectivity index (χ3n) is 6.00. The number of primary amides is 1. The van der Waals surface area contributed by atoms with Crippen LogP contribution in [0.4, 0.5) is 0 Å². The van der Waals surface area contributed by atoms with E-state index in [4.69, 9.17) is 15.2 Å². The number of amides is 1. The summed E-state index contributed by atoms with van der Waals surface area (Å²) in [5, 5.41) is 0. The largest absolute Gasteiger partial charge is 0.496 e. The number of hydrogen-bond donors (Lipinski definition) is 1. The summed E-state index contributed by atoms with van der Waals surface area (Å²) in [6.45, 7) is 6.83. The Hall–Kier alpha value is -1.40. The summed E-state index contributed by atoms with van der Waals surface area (Å²) in [6, 6.07) is 4.07. The lowest BCUT2D eigenvalue weighted by atomic mass is 9.48. The van der Waals surface area contributed by atoms with E-state index >= 15 is 0 Å². The van der Waals surface area contributed by atoms with Crippen molar-refractivity contribution in [3.05, 3.63) is 17.7 Å². The zero-order valence-corrected chi connectivity index (χ0v) is 16.5. The Balaban J connectivity index is 1.85. The molecule has 2 aliphatic rings. The topological polar surface area (TPSA) is 64.8 Å². The van der Waals surface area contributed by atoms with Gasteiger partial charge in [-0.3, -0.25) is 9.69 Å².